The molecule has 2 unspecified atom stereocenters. The van der Waals surface area contributed by atoms with E-state index < -0.39 is 67.8 Å². The van der Waals surface area contributed by atoms with Gasteiger partial charge in [0.25, 0.3) is 0 Å². The lowest BCUT2D eigenvalue weighted by molar-refractivity contribution is -0.248. The zero-order chi connectivity index (χ0) is 17.8. The maximum Gasteiger partial charge on any atom is 0.219 e. The highest BCUT2D eigenvalue weighted by atomic mass is 16.7. The Hall–Kier alpha value is -1.02. The minimum absolute atomic E-state index is 0.318. The molecule has 0 aromatic carbocycles. The summed E-state index contributed by atoms with van der Waals surface area (Å²) in [5, 5.41) is 84.5. The molecule has 0 bridgehead atoms. The van der Waals surface area contributed by atoms with Crippen LogP contribution in [-0.4, -0.2) is 102 Å². The third-order valence-electron chi connectivity index (χ3n) is 3.40. The second-order valence-electron chi connectivity index (χ2n) is 5.04. The fourth-order valence-electron chi connectivity index (χ4n) is 2.06. The maximum absolute atomic E-state index is 9.85. The average molecular weight is 342 g/mol. The van der Waals surface area contributed by atoms with E-state index in [2.05, 4.69) is 0 Å². The molecule has 0 spiro atoms. The monoisotopic (exact) mass is 342 g/mol. The predicted molar refractivity (Wildman–Crippen MR) is 70.9 cm³/mol. The summed E-state index contributed by atoms with van der Waals surface area (Å²) < 4.78 is 9.67. The van der Waals surface area contributed by atoms with Crippen LogP contribution in [0.3, 0.4) is 0 Å². The van der Waals surface area contributed by atoms with Crippen LogP contribution in [0.5, 0.6) is 0 Å². The van der Waals surface area contributed by atoms with Crippen LogP contribution < -0.4 is 0 Å². The summed E-state index contributed by atoms with van der Waals surface area (Å²) in [5.41, 5.74) is 0. The number of ether oxygens (including phenoxy) is 2. The molecule has 23 heavy (non-hydrogen) atoms. The SMILES string of the molecule is OCC[C@H](O)/C(O)=C(\O)[C@@H](O)OC1C(O)[C@@](O)(CO)O[C@@H]1CO. The summed E-state index contributed by atoms with van der Waals surface area (Å²) in [6.45, 7) is -2.27. The minimum atomic E-state index is -2.43. The van der Waals surface area contributed by atoms with Gasteiger partial charge in [-0.05, 0) is 0 Å². The van der Waals surface area contributed by atoms with Gasteiger partial charge in [0.1, 0.15) is 24.4 Å². The number of aliphatic hydroxyl groups is 9. The molecule has 1 fully saturated rings. The van der Waals surface area contributed by atoms with E-state index in [0.29, 0.717) is 0 Å². The van der Waals surface area contributed by atoms with Gasteiger partial charge in [0, 0.05) is 13.0 Å². The molecule has 0 amide bonds. The predicted octanol–water partition coefficient (Wildman–Crippen LogP) is -3.81. The van der Waals surface area contributed by atoms with E-state index in [0.717, 1.165) is 0 Å². The first-order valence-electron chi connectivity index (χ1n) is 6.76. The lowest BCUT2D eigenvalue weighted by atomic mass is 10.1. The lowest BCUT2D eigenvalue weighted by Gasteiger charge is -2.25. The molecule has 0 radical (unpaired) electrons. The highest BCUT2D eigenvalue weighted by Gasteiger charge is 2.55. The van der Waals surface area contributed by atoms with E-state index in [-0.39, 0.29) is 6.42 Å². The molecule has 1 aliphatic rings. The van der Waals surface area contributed by atoms with Gasteiger partial charge in [-0.1, -0.05) is 0 Å². The summed E-state index contributed by atoms with van der Waals surface area (Å²) in [7, 11) is 0. The molecule has 1 rings (SSSR count). The third kappa shape index (κ3) is 4.29. The Morgan fingerprint density at radius 1 is 1.13 bits per heavy atom. The van der Waals surface area contributed by atoms with Crippen molar-refractivity contribution in [3.05, 3.63) is 11.5 Å². The zero-order valence-corrected chi connectivity index (χ0v) is 12.1. The van der Waals surface area contributed by atoms with E-state index in [4.69, 9.17) is 24.8 Å². The third-order valence-corrected chi connectivity index (χ3v) is 3.40. The van der Waals surface area contributed by atoms with Crippen molar-refractivity contribution < 1.29 is 55.4 Å². The van der Waals surface area contributed by atoms with Crippen molar-refractivity contribution in [3.8, 4) is 0 Å². The summed E-state index contributed by atoms with van der Waals surface area (Å²) >= 11 is 0. The number of rotatable bonds is 8. The van der Waals surface area contributed by atoms with Crippen LogP contribution >= 0.6 is 0 Å². The normalized spacial score (nSPS) is 35.0. The molecule has 1 saturated heterocycles. The molecular weight excluding hydrogens is 320 g/mol. The highest BCUT2D eigenvalue weighted by molar-refractivity contribution is 5.07. The molecule has 6 atom stereocenters. The molecule has 11 nitrogen and oxygen atoms in total. The Kier molecular flexibility index (Phi) is 7.13. The van der Waals surface area contributed by atoms with Gasteiger partial charge in [-0.2, -0.15) is 0 Å². The number of hydrogen-bond donors (Lipinski definition) is 9. The molecule has 1 heterocycles. The Morgan fingerprint density at radius 2 is 1.74 bits per heavy atom. The van der Waals surface area contributed by atoms with Gasteiger partial charge in [-0.15, -0.1) is 0 Å². The van der Waals surface area contributed by atoms with Gasteiger partial charge in [0.15, 0.2) is 11.5 Å². The largest absolute Gasteiger partial charge is 0.506 e. The van der Waals surface area contributed by atoms with Crippen molar-refractivity contribution in [2.75, 3.05) is 19.8 Å². The maximum atomic E-state index is 9.85. The van der Waals surface area contributed by atoms with E-state index >= 15 is 0 Å². The molecule has 9 N–H and O–H groups in total. The first-order valence-corrected chi connectivity index (χ1v) is 6.76. The van der Waals surface area contributed by atoms with E-state index in [9.17, 15) is 30.6 Å². The first kappa shape index (κ1) is 20.0. The average Bonchev–Trinajstić information content (AvgIpc) is 2.78. The number of hydrogen-bond acceptors (Lipinski definition) is 11. The molecule has 0 aromatic rings. The van der Waals surface area contributed by atoms with Crippen LogP contribution in [0.2, 0.25) is 0 Å². The summed E-state index contributed by atoms with van der Waals surface area (Å²) in [6, 6.07) is 0. The van der Waals surface area contributed by atoms with Crippen molar-refractivity contribution in [2.45, 2.75) is 42.9 Å². The highest BCUT2D eigenvalue weighted by Crippen LogP contribution is 2.32. The zero-order valence-electron chi connectivity index (χ0n) is 12.1. The van der Waals surface area contributed by atoms with Crippen LogP contribution in [0.25, 0.3) is 0 Å². The van der Waals surface area contributed by atoms with E-state index in [1.165, 1.54) is 0 Å². The van der Waals surface area contributed by atoms with Crippen LogP contribution in [0.15, 0.2) is 11.5 Å². The second kappa shape index (κ2) is 8.19. The van der Waals surface area contributed by atoms with Crippen molar-refractivity contribution in [1.29, 1.82) is 0 Å². The van der Waals surface area contributed by atoms with Crippen molar-refractivity contribution in [2.24, 2.45) is 0 Å². The standard InChI is InChI=1S/C12H22O11/c13-2-1-5(16)7(17)8(18)11(20)22-9-6(3-14)23-12(21,4-15)10(9)19/h5-6,9-11,13-21H,1-4H2/b8-7+/t5-,6+,9?,10?,11-,12+/m0/s1. The number of aliphatic hydroxyl groups excluding tert-OH is 8. The fraction of sp³-hybridized carbons (Fsp3) is 0.833. The van der Waals surface area contributed by atoms with E-state index in [1.54, 1.807) is 0 Å². The van der Waals surface area contributed by atoms with Gasteiger partial charge in [0.2, 0.25) is 12.1 Å². The Balaban J connectivity index is 2.86. The molecular formula is C12H22O11. The van der Waals surface area contributed by atoms with Gasteiger partial charge < -0.3 is 55.4 Å². The molecule has 0 aromatic heterocycles. The molecule has 1 aliphatic heterocycles. The summed E-state index contributed by atoms with van der Waals surface area (Å²) in [6.07, 6.45) is -8.99. The van der Waals surface area contributed by atoms with Gasteiger partial charge in [0.05, 0.1) is 13.2 Å². The van der Waals surface area contributed by atoms with Crippen molar-refractivity contribution >= 4 is 0 Å². The van der Waals surface area contributed by atoms with Gasteiger partial charge in [-0.25, -0.2) is 0 Å². The topological polar surface area (TPSA) is 201 Å². The van der Waals surface area contributed by atoms with Gasteiger partial charge >= 0.3 is 0 Å². The Bertz CT molecular complexity index is 414. The van der Waals surface area contributed by atoms with Crippen LogP contribution in [0.1, 0.15) is 6.42 Å². The quantitative estimate of drug-likeness (QED) is 0.155. The Labute approximate surface area is 130 Å². The first-order chi connectivity index (χ1) is 10.7. The summed E-state index contributed by atoms with van der Waals surface area (Å²) in [4.78, 5) is 0. The molecule has 11 heteroatoms. The fourth-order valence-corrected chi connectivity index (χ4v) is 2.06. The molecule has 0 saturated carbocycles. The summed E-state index contributed by atoms with van der Waals surface area (Å²) in [5.74, 6) is -4.68. The Morgan fingerprint density at radius 3 is 2.22 bits per heavy atom. The molecule has 136 valence electrons. The minimum Gasteiger partial charge on any atom is -0.506 e. The smallest absolute Gasteiger partial charge is 0.219 e. The van der Waals surface area contributed by atoms with Crippen LogP contribution in [-0.2, 0) is 9.47 Å². The lowest BCUT2D eigenvalue weighted by Crippen LogP contribution is -2.47. The second-order valence-corrected chi connectivity index (χ2v) is 5.04. The van der Waals surface area contributed by atoms with Crippen LogP contribution in [0, 0.1) is 0 Å². The van der Waals surface area contributed by atoms with Crippen LogP contribution in [0.4, 0.5) is 0 Å². The van der Waals surface area contributed by atoms with Gasteiger partial charge in [-0.3, -0.25) is 0 Å². The van der Waals surface area contributed by atoms with Crippen molar-refractivity contribution in [3.63, 3.8) is 0 Å². The molecule has 0 aliphatic carbocycles. The van der Waals surface area contributed by atoms with E-state index in [1.807, 2.05) is 0 Å². The van der Waals surface area contributed by atoms with Crippen molar-refractivity contribution in [1.82, 2.24) is 0 Å².